The molecule has 2 aromatic rings. The first kappa shape index (κ1) is 20.1. The first-order valence-electron chi connectivity index (χ1n) is 8.16. The van der Waals surface area contributed by atoms with E-state index < -0.39 is 0 Å². The topological polar surface area (TPSA) is 49.3 Å². The Morgan fingerprint density at radius 3 is 2.56 bits per heavy atom. The van der Waals surface area contributed by atoms with Gasteiger partial charge in [0, 0.05) is 23.9 Å². The zero-order valence-corrected chi connectivity index (χ0v) is 17.9. The van der Waals surface area contributed by atoms with Crippen LogP contribution in [-0.2, 0) is 12.0 Å². The minimum Gasteiger partial charge on any atom is -0.356 e. The van der Waals surface area contributed by atoms with Crippen molar-refractivity contribution in [2.24, 2.45) is 4.99 Å². The maximum Gasteiger partial charge on any atom is 0.191 e. The van der Waals surface area contributed by atoms with Gasteiger partial charge in [-0.25, -0.2) is 9.37 Å². The molecule has 1 aromatic carbocycles. The summed E-state index contributed by atoms with van der Waals surface area (Å²) in [4.78, 5) is 10.0. The van der Waals surface area contributed by atoms with Gasteiger partial charge in [-0.3, -0.25) is 4.99 Å². The van der Waals surface area contributed by atoms with E-state index in [0.717, 1.165) is 35.1 Å². The van der Waals surface area contributed by atoms with E-state index in [1.54, 1.807) is 24.5 Å². The summed E-state index contributed by atoms with van der Waals surface area (Å²) in [5.41, 5.74) is 1.78. The summed E-state index contributed by atoms with van der Waals surface area (Å²) < 4.78 is 14.1. The number of rotatable bonds is 5. The Kier molecular flexibility index (Phi) is 6.79. The minimum absolute atomic E-state index is 0. The molecule has 0 saturated heterocycles. The lowest BCUT2D eigenvalue weighted by molar-refractivity contribution is 0.559. The van der Waals surface area contributed by atoms with Gasteiger partial charge in [-0.05, 0) is 38.3 Å². The van der Waals surface area contributed by atoms with Crippen molar-refractivity contribution in [2.45, 2.75) is 38.6 Å². The van der Waals surface area contributed by atoms with Crippen LogP contribution in [0, 0.1) is 19.7 Å². The van der Waals surface area contributed by atoms with Gasteiger partial charge in [-0.2, -0.15) is 0 Å². The second-order valence-corrected chi connectivity index (χ2v) is 7.58. The van der Waals surface area contributed by atoms with Crippen molar-refractivity contribution in [1.29, 1.82) is 0 Å². The van der Waals surface area contributed by atoms with Crippen LogP contribution >= 0.6 is 35.3 Å². The summed E-state index contributed by atoms with van der Waals surface area (Å²) >= 11 is 1.70. The number of aromatic nitrogens is 1. The third kappa shape index (κ3) is 4.69. The fourth-order valence-electron chi connectivity index (χ4n) is 2.83. The zero-order chi connectivity index (χ0) is 17.2. The van der Waals surface area contributed by atoms with Crippen LogP contribution in [0.15, 0.2) is 29.3 Å². The predicted molar refractivity (Wildman–Crippen MR) is 113 cm³/mol. The van der Waals surface area contributed by atoms with Crippen molar-refractivity contribution in [1.82, 2.24) is 15.6 Å². The maximum atomic E-state index is 14.1. The minimum atomic E-state index is -0.117. The lowest BCUT2D eigenvalue weighted by atomic mass is 9.95. The van der Waals surface area contributed by atoms with Gasteiger partial charge in [0.25, 0.3) is 0 Å². The fraction of sp³-hybridized carbons (Fsp3) is 0.444. The molecule has 0 amide bonds. The highest BCUT2D eigenvalue weighted by Crippen LogP contribution is 2.48. The molecule has 0 unspecified atom stereocenters. The van der Waals surface area contributed by atoms with E-state index >= 15 is 0 Å². The van der Waals surface area contributed by atoms with Gasteiger partial charge in [0.05, 0.1) is 12.2 Å². The number of aryl methyl sites for hydroxylation is 2. The highest BCUT2D eigenvalue weighted by atomic mass is 127. The first-order chi connectivity index (χ1) is 11.5. The molecule has 0 aliphatic heterocycles. The van der Waals surface area contributed by atoms with Crippen molar-refractivity contribution in [3.8, 4) is 0 Å². The zero-order valence-electron chi connectivity index (χ0n) is 14.7. The SMILES string of the molecule is CN=C(NCc1nc(C)c(C)s1)NCC1(c2ccccc2F)CC1.I. The quantitative estimate of drug-likeness (QED) is 0.393. The molecule has 1 saturated carbocycles. The Labute approximate surface area is 169 Å². The van der Waals surface area contributed by atoms with E-state index in [0.29, 0.717) is 13.1 Å². The molecular formula is C18H24FIN4S. The van der Waals surface area contributed by atoms with Gasteiger partial charge in [0.2, 0.25) is 0 Å². The van der Waals surface area contributed by atoms with Crippen molar-refractivity contribution < 1.29 is 4.39 Å². The lowest BCUT2D eigenvalue weighted by Crippen LogP contribution is -2.41. The third-order valence-electron chi connectivity index (χ3n) is 4.60. The monoisotopic (exact) mass is 474 g/mol. The normalized spacial score (nSPS) is 15.4. The number of hydrogen-bond acceptors (Lipinski definition) is 3. The molecule has 1 aromatic heterocycles. The molecule has 0 radical (unpaired) electrons. The second-order valence-electron chi connectivity index (χ2n) is 6.29. The molecule has 2 N–H and O–H groups in total. The van der Waals surface area contributed by atoms with E-state index in [2.05, 4.69) is 27.5 Å². The lowest BCUT2D eigenvalue weighted by Gasteiger charge is -2.19. The molecule has 4 nitrogen and oxygen atoms in total. The summed E-state index contributed by atoms with van der Waals surface area (Å²) in [7, 11) is 1.75. The van der Waals surface area contributed by atoms with Crippen LogP contribution in [0.5, 0.6) is 0 Å². The van der Waals surface area contributed by atoms with Crippen LogP contribution < -0.4 is 10.6 Å². The molecule has 136 valence electrons. The maximum absolute atomic E-state index is 14.1. The number of guanidine groups is 1. The van der Waals surface area contributed by atoms with Gasteiger partial charge in [0.15, 0.2) is 5.96 Å². The van der Waals surface area contributed by atoms with Crippen LogP contribution in [-0.4, -0.2) is 24.5 Å². The van der Waals surface area contributed by atoms with Crippen molar-refractivity contribution >= 4 is 41.3 Å². The van der Waals surface area contributed by atoms with E-state index in [4.69, 9.17) is 0 Å². The number of nitrogens with zero attached hydrogens (tertiary/aromatic N) is 2. The van der Waals surface area contributed by atoms with Gasteiger partial charge in [-0.1, -0.05) is 18.2 Å². The van der Waals surface area contributed by atoms with Crippen LogP contribution in [0.1, 0.15) is 34.0 Å². The summed E-state index contributed by atoms with van der Waals surface area (Å²) in [6, 6.07) is 7.07. The average Bonchev–Trinajstić information content (AvgIpc) is 3.28. The van der Waals surface area contributed by atoms with E-state index in [9.17, 15) is 4.39 Å². The number of benzene rings is 1. The predicted octanol–water partition coefficient (Wildman–Crippen LogP) is 3.91. The van der Waals surface area contributed by atoms with Crippen molar-refractivity contribution in [2.75, 3.05) is 13.6 Å². The Bertz CT molecular complexity index is 736. The molecule has 25 heavy (non-hydrogen) atoms. The highest BCUT2D eigenvalue weighted by molar-refractivity contribution is 14.0. The van der Waals surface area contributed by atoms with Crippen LogP contribution in [0.3, 0.4) is 0 Å². The molecule has 1 aliphatic carbocycles. The number of aliphatic imine (C=N–C) groups is 1. The molecule has 0 bridgehead atoms. The van der Waals surface area contributed by atoms with Crippen LogP contribution in [0.4, 0.5) is 4.39 Å². The fourth-order valence-corrected chi connectivity index (χ4v) is 3.70. The van der Waals surface area contributed by atoms with E-state index in [-0.39, 0.29) is 35.2 Å². The Hall–Kier alpha value is -1.22. The standard InChI is InChI=1S/C18H23FN4S.HI/c1-12-13(2)24-16(23-12)10-21-17(20-3)22-11-18(8-9-18)14-6-4-5-7-15(14)19;/h4-7H,8-11H2,1-3H3,(H2,20,21,22);1H. The molecule has 0 spiro atoms. The van der Waals surface area contributed by atoms with Crippen molar-refractivity contribution in [3.05, 3.63) is 51.2 Å². The first-order valence-corrected chi connectivity index (χ1v) is 8.98. The summed E-state index contributed by atoms with van der Waals surface area (Å²) in [6.07, 6.45) is 2.01. The van der Waals surface area contributed by atoms with Gasteiger partial charge in [0.1, 0.15) is 10.8 Å². The Balaban J connectivity index is 0.00000225. The Morgan fingerprint density at radius 1 is 1.28 bits per heavy atom. The summed E-state index contributed by atoms with van der Waals surface area (Å²) in [5.74, 6) is 0.608. The molecule has 0 atom stereocenters. The van der Waals surface area contributed by atoms with Gasteiger partial charge in [-0.15, -0.1) is 35.3 Å². The number of thiazole rings is 1. The molecule has 1 fully saturated rings. The largest absolute Gasteiger partial charge is 0.356 e. The molecule has 3 rings (SSSR count). The molecule has 1 heterocycles. The number of nitrogens with one attached hydrogen (secondary N) is 2. The van der Waals surface area contributed by atoms with Crippen LogP contribution in [0.25, 0.3) is 0 Å². The summed E-state index contributed by atoms with van der Waals surface area (Å²) in [6.45, 7) is 5.43. The van der Waals surface area contributed by atoms with E-state index in [1.165, 1.54) is 10.9 Å². The second kappa shape index (κ2) is 8.44. The van der Waals surface area contributed by atoms with Gasteiger partial charge < -0.3 is 10.6 Å². The molecular weight excluding hydrogens is 450 g/mol. The van der Waals surface area contributed by atoms with Crippen molar-refractivity contribution in [3.63, 3.8) is 0 Å². The van der Waals surface area contributed by atoms with E-state index in [1.807, 2.05) is 19.1 Å². The number of halogens is 2. The van der Waals surface area contributed by atoms with Gasteiger partial charge >= 0.3 is 0 Å². The van der Waals surface area contributed by atoms with Crippen LogP contribution in [0.2, 0.25) is 0 Å². The third-order valence-corrected chi connectivity index (χ3v) is 5.67. The highest BCUT2D eigenvalue weighted by Gasteiger charge is 2.45. The average molecular weight is 474 g/mol. The summed E-state index contributed by atoms with van der Waals surface area (Å²) in [5, 5.41) is 7.67. The molecule has 7 heteroatoms. The molecule has 1 aliphatic rings. The number of hydrogen-bond donors (Lipinski definition) is 2. The smallest absolute Gasteiger partial charge is 0.191 e. The Morgan fingerprint density at radius 2 is 2.00 bits per heavy atom.